The van der Waals surface area contributed by atoms with Crippen LogP contribution in [0.15, 0.2) is 121 Å². The lowest BCUT2D eigenvalue weighted by Gasteiger charge is -2.14. The van der Waals surface area contributed by atoms with Crippen LogP contribution in [0.25, 0.3) is 60.9 Å². The number of hydrogen-bond acceptors (Lipinski definition) is 5. The molecule has 0 saturated heterocycles. The van der Waals surface area contributed by atoms with E-state index in [0.29, 0.717) is 27.8 Å². The first-order valence-corrected chi connectivity index (χ1v) is 14.6. The summed E-state index contributed by atoms with van der Waals surface area (Å²) < 4.78 is 2.21. The maximum Gasteiger partial charge on any atom is 0.0992 e. The Morgan fingerprint density at radius 2 is 0.787 bits per heavy atom. The molecule has 0 atom stereocenters. The van der Waals surface area contributed by atoms with E-state index in [1.807, 2.05) is 48.5 Å². The molecule has 6 heteroatoms. The highest BCUT2D eigenvalue weighted by Gasteiger charge is 2.18. The highest BCUT2D eigenvalue weighted by molar-refractivity contribution is 6.12. The molecule has 47 heavy (non-hydrogen) atoms. The van der Waals surface area contributed by atoms with Crippen LogP contribution in [0.3, 0.4) is 0 Å². The van der Waals surface area contributed by atoms with Crippen molar-refractivity contribution in [2.75, 3.05) is 0 Å². The topological polar surface area (TPSA) is 124 Å². The Morgan fingerprint density at radius 1 is 0.362 bits per heavy atom. The van der Waals surface area contributed by atoms with Crippen LogP contribution in [0.5, 0.6) is 0 Å². The fourth-order valence-corrected chi connectivity index (χ4v) is 6.13. The fraction of sp³-hybridized carbons (Fsp3) is 0. The first-order valence-electron chi connectivity index (χ1n) is 14.6. The largest absolute Gasteiger partial charge is 0.309 e. The summed E-state index contributed by atoms with van der Waals surface area (Å²) in [6, 6.07) is 49.0. The van der Waals surface area contributed by atoms with E-state index in [-0.39, 0.29) is 0 Å². The van der Waals surface area contributed by atoms with Gasteiger partial charge in [0, 0.05) is 16.3 Å². The average molecular weight is 597 g/mol. The molecule has 7 rings (SSSR count). The van der Waals surface area contributed by atoms with Crippen molar-refractivity contribution in [1.82, 2.24) is 4.57 Å². The first kappa shape index (κ1) is 28.3. The summed E-state index contributed by atoms with van der Waals surface area (Å²) in [5.74, 6) is 0. The fourth-order valence-electron chi connectivity index (χ4n) is 6.13. The third-order valence-electron chi connectivity index (χ3n) is 8.28. The molecule has 0 bridgehead atoms. The lowest BCUT2D eigenvalue weighted by atomic mass is 9.97. The SMILES string of the molecule is N#Cc1ccc(-c2ccccc2-n2c3ccc(-c4cc(C#N)cc(C#N)c4)cc3c3cc(-c4cc(C#N)cc(C#N)c4)ccc32)cc1. The molecule has 0 amide bonds. The van der Waals surface area contributed by atoms with Crippen LogP contribution in [0, 0.1) is 56.7 Å². The number of para-hydroxylation sites is 1. The van der Waals surface area contributed by atoms with Crippen molar-refractivity contribution in [3.63, 3.8) is 0 Å². The van der Waals surface area contributed by atoms with Gasteiger partial charge in [0.1, 0.15) is 0 Å². The molecule has 0 radical (unpaired) electrons. The minimum Gasteiger partial charge on any atom is -0.309 e. The Balaban J connectivity index is 1.53. The predicted molar refractivity (Wildman–Crippen MR) is 181 cm³/mol. The molecule has 0 saturated carbocycles. The zero-order chi connectivity index (χ0) is 32.5. The summed E-state index contributed by atoms with van der Waals surface area (Å²) >= 11 is 0. The van der Waals surface area contributed by atoms with Gasteiger partial charge in [-0.05, 0) is 107 Å². The molecule has 0 spiro atoms. The molecule has 0 aliphatic rings. The predicted octanol–water partition coefficient (Wildman–Crippen LogP) is 9.14. The summed E-state index contributed by atoms with van der Waals surface area (Å²) in [7, 11) is 0. The van der Waals surface area contributed by atoms with Gasteiger partial charge >= 0.3 is 0 Å². The molecular weight excluding hydrogens is 576 g/mol. The summed E-state index contributed by atoms with van der Waals surface area (Å²) in [5.41, 5.74) is 10.3. The van der Waals surface area contributed by atoms with E-state index in [2.05, 4.69) is 71.3 Å². The van der Waals surface area contributed by atoms with Crippen LogP contribution < -0.4 is 0 Å². The Bertz CT molecular complexity index is 2430. The van der Waals surface area contributed by atoms with E-state index in [0.717, 1.165) is 60.9 Å². The Hall–Kier alpha value is -7.43. The Morgan fingerprint density at radius 3 is 1.23 bits per heavy atom. The second-order valence-corrected chi connectivity index (χ2v) is 11.1. The van der Waals surface area contributed by atoms with Crippen molar-refractivity contribution in [2.45, 2.75) is 0 Å². The molecule has 0 N–H and O–H groups in total. The average Bonchev–Trinajstić information content (AvgIpc) is 3.47. The molecule has 0 fully saturated rings. The minimum atomic E-state index is 0.408. The third-order valence-corrected chi connectivity index (χ3v) is 8.28. The standard InChI is InChI=1S/C41H20N6/c42-21-26-5-7-31(8-6-26)36-3-1-2-4-39(36)47-40-11-9-32(34-15-27(22-43)13-28(16-34)23-44)19-37(40)38-20-33(10-12-41(38)47)35-17-29(24-45)14-30(18-35)25-46/h1-20H. The quantitative estimate of drug-likeness (QED) is 0.200. The van der Waals surface area contributed by atoms with Gasteiger partial charge in [-0.2, -0.15) is 26.3 Å². The van der Waals surface area contributed by atoms with Crippen LogP contribution in [0.4, 0.5) is 0 Å². The summed E-state index contributed by atoms with van der Waals surface area (Å²) in [5, 5.41) is 49.7. The van der Waals surface area contributed by atoms with E-state index in [1.165, 1.54) is 0 Å². The van der Waals surface area contributed by atoms with Gasteiger partial charge in [-0.25, -0.2) is 0 Å². The second-order valence-electron chi connectivity index (χ2n) is 11.1. The number of fused-ring (bicyclic) bond motifs is 3. The van der Waals surface area contributed by atoms with Crippen molar-refractivity contribution in [3.8, 4) is 69.4 Å². The number of benzene rings is 6. The van der Waals surface area contributed by atoms with Gasteiger partial charge in [0.25, 0.3) is 0 Å². The summed E-state index contributed by atoms with van der Waals surface area (Å²) in [6.07, 6.45) is 0. The highest BCUT2D eigenvalue weighted by atomic mass is 15.0. The lowest BCUT2D eigenvalue weighted by Crippen LogP contribution is -1.97. The molecule has 7 aromatic rings. The van der Waals surface area contributed by atoms with Crippen LogP contribution in [-0.4, -0.2) is 4.57 Å². The number of rotatable bonds is 4. The van der Waals surface area contributed by atoms with Crippen LogP contribution in [0.1, 0.15) is 27.8 Å². The van der Waals surface area contributed by atoms with E-state index in [9.17, 15) is 26.3 Å². The lowest BCUT2D eigenvalue weighted by molar-refractivity contribution is 1.18. The molecule has 0 aliphatic carbocycles. The van der Waals surface area contributed by atoms with Gasteiger partial charge in [-0.1, -0.05) is 42.5 Å². The Labute approximate surface area is 270 Å². The third kappa shape index (κ3) is 5.00. The van der Waals surface area contributed by atoms with Crippen molar-refractivity contribution in [1.29, 1.82) is 26.3 Å². The van der Waals surface area contributed by atoms with Gasteiger partial charge in [0.2, 0.25) is 0 Å². The molecule has 1 heterocycles. The molecule has 6 aromatic carbocycles. The molecule has 6 nitrogen and oxygen atoms in total. The van der Waals surface area contributed by atoms with E-state index in [1.54, 1.807) is 36.4 Å². The normalized spacial score (nSPS) is 10.4. The number of aromatic nitrogens is 1. The van der Waals surface area contributed by atoms with Gasteiger partial charge < -0.3 is 4.57 Å². The molecule has 0 unspecified atom stereocenters. The van der Waals surface area contributed by atoms with Gasteiger partial charge in [-0.3, -0.25) is 0 Å². The van der Waals surface area contributed by atoms with Crippen molar-refractivity contribution >= 4 is 21.8 Å². The monoisotopic (exact) mass is 596 g/mol. The summed E-state index contributed by atoms with van der Waals surface area (Å²) in [6.45, 7) is 0. The van der Waals surface area contributed by atoms with E-state index >= 15 is 0 Å². The van der Waals surface area contributed by atoms with Crippen LogP contribution in [0.2, 0.25) is 0 Å². The van der Waals surface area contributed by atoms with E-state index in [4.69, 9.17) is 0 Å². The van der Waals surface area contributed by atoms with Crippen molar-refractivity contribution < 1.29 is 0 Å². The zero-order valence-electron chi connectivity index (χ0n) is 24.7. The minimum absolute atomic E-state index is 0.408. The summed E-state index contributed by atoms with van der Waals surface area (Å²) in [4.78, 5) is 0. The van der Waals surface area contributed by atoms with Crippen LogP contribution in [-0.2, 0) is 0 Å². The molecule has 0 aliphatic heterocycles. The second kappa shape index (κ2) is 11.6. The smallest absolute Gasteiger partial charge is 0.0992 e. The van der Waals surface area contributed by atoms with E-state index < -0.39 is 0 Å². The zero-order valence-corrected chi connectivity index (χ0v) is 24.7. The number of nitriles is 5. The van der Waals surface area contributed by atoms with Gasteiger partial charge in [-0.15, -0.1) is 0 Å². The number of hydrogen-bond donors (Lipinski definition) is 0. The van der Waals surface area contributed by atoms with Crippen molar-refractivity contribution in [2.24, 2.45) is 0 Å². The van der Waals surface area contributed by atoms with Gasteiger partial charge in [0.15, 0.2) is 0 Å². The first-order chi connectivity index (χ1) is 23.0. The maximum absolute atomic E-state index is 9.62. The van der Waals surface area contributed by atoms with Crippen LogP contribution >= 0.6 is 0 Å². The Kier molecular flexibility index (Phi) is 6.98. The molecular formula is C41H20N6. The van der Waals surface area contributed by atoms with Crippen molar-refractivity contribution in [3.05, 3.63) is 149 Å². The maximum atomic E-state index is 9.62. The van der Waals surface area contributed by atoms with Gasteiger partial charge in [0.05, 0.1) is 74.9 Å². The highest BCUT2D eigenvalue weighted by Crippen LogP contribution is 2.40. The molecule has 1 aromatic heterocycles. The molecule has 214 valence electrons. The number of nitrogens with zero attached hydrogens (tertiary/aromatic N) is 6.